The molecule has 0 amide bonds. The van der Waals surface area contributed by atoms with Gasteiger partial charge in [-0.25, -0.2) is 0 Å². The summed E-state index contributed by atoms with van der Waals surface area (Å²) in [5.41, 5.74) is 1.94. The second kappa shape index (κ2) is 8.80. The van der Waals surface area contributed by atoms with Gasteiger partial charge in [0, 0.05) is 25.1 Å². The summed E-state index contributed by atoms with van der Waals surface area (Å²) in [6, 6.07) is 7.67. The SMILES string of the molecule is Cc1ccc(C(=O)CCN(C)CCOCCO)cc1. The number of ether oxygens (including phenoxy) is 1. The minimum Gasteiger partial charge on any atom is -0.394 e. The largest absolute Gasteiger partial charge is 0.394 e. The zero-order valence-electron chi connectivity index (χ0n) is 11.8. The molecule has 0 spiro atoms. The van der Waals surface area contributed by atoms with Crippen molar-refractivity contribution in [3.8, 4) is 0 Å². The summed E-state index contributed by atoms with van der Waals surface area (Å²) >= 11 is 0. The van der Waals surface area contributed by atoms with Crippen molar-refractivity contribution in [1.82, 2.24) is 4.90 Å². The van der Waals surface area contributed by atoms with Gasteiger partial charge in [-0.2, -0.15) is 0 Å². The molecule has 0 aliphatic heterocycles. The summed E-state index contributed by atoms with van der Waals surface area (Å²) in [5.74, 6) is 0.170. The van der Waals surface area contributed by atoms with Crippen LogP contribution in [0.1, 0.15) is 22.3 Å². The van der Waals surface area contributed by atoms with Crippen LogP contribution in [0.4, 0.5) is 0 Å². The van der Waals surface area contributed by atoms with Crippen molar-refractivity contribution in [2.45, 2.75) is 13.3 Å². The van der Waals surface area contributed by atoms with E-state index < -0.39 is 0 Å². The predicted molar refractivity (Wildman–Crippen MR) is 75.5 cm³/mol. The lowest BCUT2D eigenvalue weighted by Gasteiger charge is -2.15. The number of hydrogen-bond donors (Lipinski definition) is 1. The summed E-state index contributed by atoms with van der Waals surface area (Å²) in [5, 5.41) is 8.57. The molecule has 0 bridgehead atoms. The maximum Gasteiger partial charge on any atom is 0.164 e. The number of hydrogen-bond acceptors (Lipinski definition) is 4. The normalized spacial score (nSPS) is 10.9. The molecule has 0 heterocycles. The molecule has 1 rings (SSSR count). The third-order valence-electron chi connectivity index (χ3n) is 2.95. The van der Waals surface area contributed by atoms with E-state index in [0.717, 1.165) is 24.2 Å². The first-order valence-corrected chi connectivity index (χ1v) is 6.60. The van der Waals surface area contributed by atoms with Gasteiger partial charge < -0.3 is 14.7 Å². The minimum absolute atomic E-state index is 0.0512. The van der Waals surface area contributed by atoms with Crippen LogP contribution in [0.5, 0.6) is 0 Å². The van der Waals surface area contributed by atoms with Crippen molar-refractivity contribution in [2.75, 3.05) is 40.0 Å². The lowest BCUT2D eigenvalue weighted by Crippen LogP contribution is -2.26. The maximum absolute atomic E-state index is 11.9. The Morgan fingerprint density at radius 3 is 2.53 bits per heavy atom. The molecule has 19 heavy (non-hydrogen) atoms. The van der Waals surface area contributed by atoms with Crippen LogP contribution in [-0.4, -0.2) is 55.7 Å². The van der Waals surface area contributed by atoms with Gasteiger partial charge in [0.15, 0.2) is 5.78 Å². The van der Waals surface area contributed by atoms with Crippen molar-refractivity contribution in [3.63, 3.8) is 0 Å². The van der Waals surface area contributed by atoms with Crippen molar-refractivity contribution in [3.05, 3.63) is 35.4 Å². The first-order valence-electron chi connectivity index (χ1n) is 6.60. The smallest absolute Gasteiger partial charge is 0.164 e. The van der Waals surface area contributed by atoms with E-state index in [1.807, 2.05) is 38.2 Å². The van der Waals surface area contributed by atoms with Gasteiger partial charge in [0.25, 0.3) is 0 Å². The second-order valence-electron chi connectivity index (χ2n) is 4.68. The van der Waals surface area contributed by atoms with Gasteiger partial charge in [0.1, 0.15) is 0 Å². The van der Waals surface area contributed by atoms with Crippen LogP contribution in [0.3, 0.4) is 0 Å². The predicted octanol–water partition coefficient (Wildman–Crippen LogP) is 1.51. The van der Waals surface area contributed by atoms with Crippen molar-refractivity contribution < 1.29 is 14.6 Å². The van der Waals surface area contributed by atoms with Crippen molar-refractivity contribution in [1.29, 1.82) is 0 Å². The lowest BCUT2D eigenvalue weighted by molar-refractivity contribution is 0.0767. The summed E-state index contributed by atoms with van der Waals surface area (Å²) in [4.78, 5) is 14.0. The Morgan fingerprint density at radius 1 is 1.21 bits per heavy atom. The highest BCUT2D eigenvalue weighted by Crippen LogP contribution is 2.06. The van der Waals surface area contributed by atoms with Gasteiger partial charge in [-0.05, 0) is 14.0 Å². The van der Waals surface area contributed by atoms with Crippen LogP contribution in [0.2, 0.25) is 0 Å². The molecule has 1 aromatic carbocycles. The molecule has 1 aromatic rings. The molecule has 0 radical (unpaired) electrons. The van der Waals surface area contributed by atoms with Gasteiger partial charge in [-0.3, -0.25) is 4.79 Å². The average Bonchev–Trinajstić information content (AvgIpc) is 2.42. The number of ketones is 1. The quantitative estimate of drug-likeness (QED) is 0.543. The highest BCUT2D eigenvalue weighted by Gasteiger charge is 2.07. The van der Waals surface area contributed by atoms with E-state index in [-0.39, 0.29) is 12.4 Å². The fourth-order valence-corrected chi connectivity index (χ4v) is 1.67. The third kappa shape index (κ3) is 6.47. The average molecular weight is 265 g/mol. The number of Topliss-reactive ketones (excluding diaryl/α,β-unsaturated/α-hetero) is 1. The molecule has 0 aromatic heterocycles. The summed E-state index contributed by atoms with van der Waals surface area (Å²) < 4.78 is 5.18. The zero-order valence-corrected chi connectivity index (χ0v) is 11.8. The molecule has 0 saturated heterocycles. The standard InChI is InChI=1S/C15H23NO3/c1-13-3-5-14(6-4-13)15(18)7-8-16(2)9-11-19-12-10-17/h3-6,17H,7-12H2,1-2H3. The number of aliphatic hydroxyl groups excluding tert-OH is 1. The molecule has 0 aliphatic carbocycles. The number of carbonyl (C=O) groups excluding carboxylic acids is 1. The molecular weight excluding hydrogens is 242 g/mol. The summed E-state index contributed by atoms with van der Waals surface area (Å²) in [6.45, 7) is 4.49. The molecule has 0 aliphatic rings. The van der Waals surface area contributed by atoms with Crippen LogP contribution in [0.25, 0.3) is 0 Å². The Labute approximate surface area is 115 Å². The molecule has 106 valence electrons. The molecule has 0 atom stereocenters. The zero-order chi connectivity index (χ0) is 14.1. The van der Waals surface area contributed by atoms with Gasteiger partial charge in [-0.1, -0.05) is 29.8 Å². The van der Waals surface area contributed by atoms with Crippen molar-refractivity contribution >= 4 is 5.78 Å². The van der Waals surface area contributed by atoms with Crippen molar-refractivity contribution in [2.24, 2.45) is 0 Å². The van der Waals surface area contributed by atoms with Crippen LogP contribution in [0, 0.1) is 6.92 Å². The number of benzene rings is 1. The minimum atomic E-state index is 0.0512. The van der Waals surface area contributed by atoms with Crippen LogP contribution >= 0.6 is 0 Å². The number of nitrogens with zero attached hydrogens (tertiary/aromatic N) is 1. The molecule has 1 N–H and O–H groups in total. The number of rotatable bonds is 9. The topological polar surface area (TPSA) is 49.8 Å². The number of carbonyl (C=O) groups is 1. The lowest BCUT2D eigenvalue weighted by atomic mass is 10.1. The molecule has 4 heteroatoms. The highest BCUT2D eigenvalue weighted by atomic mass is 16.5. The van der Waals surface area contributed by atoms with Gasteiger partial charge >= 0.3 is 0 Å². The van der Waals surface area contributed by atoms with Gasteiger partial charge in [0.2, 0.25) is 0 Å². The first-order chi connectivity index (χ1) is 9.13. The summed E-state index contributed by atoms with van der Waals surface area (Å²) in [6.07, 6.45) is 0.513. The van der Waals surface area contributed by atoms with E-state index in [4.69, 9.17) is 9.84 Å². The van der Waals surface area contributed by atoms with E-state index in [0.29, 0.717) is 19.6 Å². The fourth-order valence-electron chi connectivity index (χ4n) is 1.67. The monoisotopic (exact) mass is 265 g/mol. The number of aryl methyl sites for hydroxylation is 1. The Kier molecular flexibility index (Phi) is 7.33. The third-order valence-corrected chi connectivity index (χ3v) is 2.95. The van der Waals surface area contributed by atoms with E-state index in [2.05, 4.69) is 4.90 Å². The Morgan fingerprint density at radius 2 is 1.89 bits per heavy atom. The van der Waals surface area contributed by atoms with E-state index >= 15 is 0 Å². The Hall–Kier alpha value is -1.23. The first kappa shape index (κ1) is 15.8. The van der Waals surface area contributed by atoms with E-state index in [1.165, 1.54) is 0 Å². The van der Waals surface area contributed by atoms with Crippen LogP contribution in [0.15, 0.2) is 24.3 Å². The Balaban J connectivity index is 2.24. The highest BCUT2D eigenvalue weighted by molar-refractivity contribution is 5.96. The molecule has 0 unspecified atom stereocenters. The van der Waals surface area contributed by atoms with E-state index in [9.17, 15) is 4.79 Å². The van der Waals surface area contributed by atoms with Gasteiger partial charge in [-0.15, -0.1) is 0 Å². The summed E-state index contributed by atoms with van der Waals surface area (Å²) in [7, 11) is 1.96. The molecule has 0 saturated carbocycles. The van der Waals surface area contributed by atoms with Crippen LogP contribution in [-0.2, 0) is 4.74 Å². The van der Waals surface area contributed by atoms with Crippen LogP contribution < -0.4 is 0 Å². The second-order valence-corrected chi connectivity index (χ2v) is 4.68. The fraction of sp³-hybridized carbons (Fsp3) is 0.533. The molecular formula is C15H23NO3. The van der Waals surface area contributed by atoms with Gasteiger partial charge in [0.05, 0.1) is 19.8 Å². The molecule has 4 nitrogen and oxygen atoms in total. The number of aliphatic hydroxyl groups is 1. The Bertz CT molecular complexity index is 375. The molecule has 0 fully saturated rings. The number of likely N-dealkylation sites (N-methyl/N-ethyl adjacent to an activating group) is 1. The van der Waals surface area contributed by atoms with E-state index in [1.54, 1.807) is 0 Å². The maximum atomic E-state index is 11.9.